The van der Waals surface area contributed by atoms with E-state index in [1.54, 1.807) is 6.07 Å². The Hall–Kier alpha value is -2.72. The standard InChI is InChI=1S/C25H29ClN4O3/c1-15(33-14-16-9-25(10-16)7-2-8-25)28-17-12-30(13-17)21-5-3-18(23(26)20(21)11-27)19-4-6-22(31)29-24(19)32/h3,5,16-17,19,28H,1-2,4,6-10,12-14H2,(H,29,31,32). The zero-order valence-corrected chi connectivity index (χ0v) is 19.4. The molecule has 5 rings (SSSR count). The van der Waals surface area contributed by atoms with E-state index in [0.29, 0.717) is 52.9 Å². The Labute approximate surface area is 199 Å². The summed E-state index contributed by atoms with van der Waals surface area (Å²) < 4.78 is 5.86. The van der Waals surface area contributed by atoms with Gasteiger partial charge in [0.05, 0.1) is 34.8 Å². The van der Waals surface area contributed by atoms with Crippen molar-refractivity contribution in [1.29, 1.82) is 5.26 Å². The van der Waals surface area contributed by atoms with Gasteiger partial charge in [-0.15, -0.1) is 0 Å². The van der Waals surface area contributed by atoms with Gasteiger partial charge in [-0.1, -0.05) is 24.1 Å². The molecule has 4 aliphatic rings. The van der Waals surface area contributed by atoms with Gasteiger partial charge in [0.25, 0.3) is 0 Å². The van der Waals surface area contributed by atoms with Crippen LogP contribution in [0, 0.1) is 22.7 Å². The fourth-order valence-corrected chi connectivity index (χ4v) is 6.17. The molecule has 0 aromatic heterocycles. The first-order chi connectivity index (χ1) is 15.9. The minimum Gasteiger partial charge on any atom is -0.479 e. The summed E-state index contributed by atoms with van der Waals surface area (Å²) in [4.78, 5) is 25.8. The number of hydrogen-bond donors (Lipinski definition) is 2. The van der Waals surface area contributed by atoms with Gasteiger partial charge in [-0.3, -0.25) is 14.9 Å². The predicted molar refractivity (Wildman–Crippen MR) is 125 cm³/mol. The number of nitrogens with zero attached hydrogens (tertiary/aromatic N) is 2. The number of carbonyl (C=O) groups excluding carboxylic acids is 2. The van der Waals surface area contributed by atoms with E-state index in [1.165, 1.54) is 32.1 Å². The highest BCUT2D eigenvalue weighted by atomic mass is 35.5. The number of rotatable bonds is 7. The van der Waals surface area contributed by atoms with Crippen molar-refractivity contribution in [2.75, 3.05) is 24.6 Å². The topological polar surface area (TPSA) is 94.5 Å². The van der Waals surface area contributed by atoms with Gasteiger partial charge in [0.1, 0.15) is 6.07 Å². The number of imide groups is 1. The molecule has 2 saturated carbocycles. The van der Waals surface area contributed by atoms with E-state index < -0.39 is 5.92 Å². The second kappa shape index (κ2) is 8.57. The number of benzene rings is 1. The van der Waals surface area contributed by atoms with Gasteiger partial charge in [0, 0.05) is 19.5 Å². The highest BCUT2D eigenvalue weighted by Crippen LogP contribution is 2.58. The monoisotopic (exact) mass is 468 g/mol. The maximum absolute atomic E-state index is 12.2. The molecule has 1 unspecified atom stereocenters. The molecule has 2 saturated heterocycles. The minimum atomic E-state index is -0.516. The van der Waals surface area contributed by atoms with Gasteiger partial charge in [0.15, 0.2) is 5.88 Å². The molecule has 1 atom stereocenters. The summed E-state index contributed by atoms with van der Waals surface area (Å²) in [6, 6.07) is 6.04. The van der Waals surface area contributed by atoms with Crippen LogP contribution in [0.2, 0.25) is 5.02 Å². The SMILES string of the molecule is C=C(NC1CN(c2ccc(C3CCC(=O)NC3=O)c(Cl)c2C#N)C1)OCC1CC2(CCC2)C1. The van der Waals surface area contributed by atoms with E-state index in [4.69, 9.17) is 16.3 Å². The molecule has 33 heavy (non-hydrogen) atoms. The van der Waals surface area contributed by atoms with Crippen molar-refractivity contribution in [1.82, 2.24) is 10.6 Å². The summed E-state index contributed by atoms with van der Waals surface area (Å²) in [6.07, 6.45) is 7.43. The first kappa shape index (κ1) is 22.1. The molecule has 1 aromatic rings. The number of anilines is 1. The van der Waals surface area contributed by atoms with E-state index in [2.05, 4.69) is 28.2 Å². The number of halogens is 1. The summed E-state index contributed by atoms with van der Waals surface area (Å²) in [6.45, 7) is 6.16. The zero-order valence-electron chi connectivity index (χ0n) is 18.7. The number of amides is 2. The first-order valence-electron chi connectivity index (χ1n) is 11.8. The van der Waals surface area contributed by atoms with Crippen LogP contribution >= 0.6 is 11.6 Å². The number of piperidine rings is 1. The lowest BCUT2D eigenvalue weighted by molar-refractivity contribution is -0.134. The highest BCUT2D eigenvalue weighted by molar-refractivity contribution is 6.33. The van der Waals surface area contributed by atoms with Gasteiger partial charge >= 0.3 is 0 Å². The molecule has 2 N–H and O–H groups in total. The predicted octanol–water partition coefficient (Wildman–Crippen LogP) is 3.58. The van der Waals surface area contributed by atoms with Crippen LogP contribution in [0.1, 0.15) is 62.0 Å². The van der Waals surface area contributed by atoms with Crippen molar-refractivity contribution >= 4 is 29.1 Å². The van der Waals surface area contributed by atoms with E-state index in [1.807, 2.05) is 6.07 Å². The smallest absolute Gasteiger partial charge is 0.234 e. The maximum atomic E-state index is 12.2. The van der Waals surface area contributed by atoms with Crippen LogP contribution in [0.15, 0.2) is 24.6 Å². The Kier molecular flexibility index (Phi) is 5.74. The molecule has 7 nitrogen and oxygen atoms in total. The van der Waals surface area contributed by atoms with Gasteiger partial charge in [0.2, 0.25) is 11.8 Å². The third-order valence-electron chi connectivity index (χ3n) is 7.81. The van der Waals surface area contributed by atoms with E-state index >= 15 is 0 Å². The number of nitrogens with one attached hydrogen (secondary N) is 2. The molecule has 0 radical (unpaired) electrons. The fraction of sp³-hybridized carbons (Fsp3) is 0.560. The van der Waals surface area contributed by atoms with Crippen molar-refractivity contribution < 1.29 is 14.3 Å². The van der Waals surface area contributed by atoms with E-state index in [0.717, 1.165) is 12.3 Å². The second-order valence-corrected chi connectivity index (χ2v) is 10.5. The summed E-state index contributed by atoms with van der Waals surface area (Å²) in [5.74, 6) is 0.119. The lowest BCUT2D eigenvalue weighted by Crippen LogP contribution is -2.58. The average Bonchev–Trinajstić information content (AvgIpc) is 2.68. The molecule has 8 heteroatoms. The quantitative estimate of drug-likeness (QED) is 0.469. The molecule has 2 aliphatic heterocycles. The Morgan fingerprint density at radius 1 is 1.33 bits per heavy atom. The molecular formula is C25H29ClN4O3. The average molecular weight is 469 g/mol. The third-order valence-corrected chi connectivity index (χ3v) is 8.22. The molecule has 174 valence electrons. The molecule has 2 heterocycles. The summed E-state index contributed by atoms with van der Waals surface area (Å²) in [7, 11) is 0. The van der Waals surface area contributed by atoms with Crippen LogP contribution in [-0.2, 0) is 14.3 Å². The van der Waals surface area contributed by atoms with Crippen molar-refractivity contribution in [3.8, 4) is 6.07 Å². The van der Waals surface area contributed by atoms with Crippen LogP contribution in [0.3, 0.4) is 0 Å². The van der Waals surface area contributed by atoms with Crippen LogP contribution in [0.25, 0.3) is 0 Å². The van der Waals surface area contributed by atoms with Crippen LogP contribution in [0.4, 0.5) is 5.69 Å². The Morgan fingerprint density at radius 2 is 2.09 bits per heavy atom. The Balaban J connectivity index is 1.14. The van der Waals surface area contributed by atoms with Crippen LogP contribution in [-0.4, -0.2) is 37.6 Å². The number of nitriles is 1. The van der Waals surface area contributed by atoms with Crippen molar-refractivity contribution in [2.24, 2.45) is 11.3 Å². The van der Waals surface area contributed by atoms with E-state index in [9.17, 15) is 14.9 Å². The molecule has 4 fully saturated rings. The van der Waals surface area contributed by atoms with Crippen molar-refractivity contribution in [3.63, 3.8) is 0 Å². The second-order valence-electron chi connectivity index (χ2n) is 10.1. The largest absolute Gasteiger partial charge is 0.479 e. The van der Waals surface area contributed by atoms with Crippen molar-refractivity contribution in [2.45, 2.75) is 56.9 Å². The minimum absolute atomic E-state index is 0.192. The first-order valence-corrected chi connectivity index (χ1v) is 12.1. The lowest BCUT2D eigenvalue weighted by atomic mass is 9.52. The maximum Gasteiger partial charge on any atom is 0.234 e. The normalized spacial score (nSPS) is 24.2. The van der Waals surface area contributed by atoms with Crippen LogP contribution in [0.5, 0.6) is 0 Å². The molecule has 2 amide bonds. The van der Waals surface area contributed by atoms with Crippen LogP contribution < -0.4 is 15.5 Å². The van der Waals surface area contributed by atoms with Gasteiger partial charge < -0.3 is 15.0 Å². The van der Waals surface area contributed by atoms with E-state index in [-0.39, 0.29) is 24.3 Å². The molecule has 1 aromatic carbocycles. The lowest BCUT2D eigenvalue weighted by Gasteiger charge is -2.54. The summed E-state index contributed by atoms with van der Waals surface area (Å²) in [5.41, 5.74) is 2.37. The Bertz CT molecular complexity index is 1030. The number of ether oxygens (including phenoxy) is 1. The fourth-order valence-electron chi connectivity index (χ4n) is 5.83. The molecule has 0 bridgehead atoms. The van der Waals surface area contributed by atoms with Gasteiger partial charge in [-0.05, 0) is 61.6 Å². The molecule has 2 aliphatic carbocycles. The van der Waals surface area contributed by atoms with Gasteiger partial charge in [-0.25, -0.2) is 0 Å². The third kappa shape index (κ3) is 4.17. The van der Waals surface area contributed by atoms with Crippen molar-refractivity contribution in [3.05, 3.63) is 40.7 Å². The molecule has 1 spiro atoms. The Morgan fingerprint density at radius 3 is 2.73 bits per heavy atom. The number of hydrogen-bond acceptors (Lipinski definition) is 6. The zero-order chi connectivity index (χ0) is 23.2. The number of carbonyl (C=O) groups is 2. The summed E-state index contributed by atoms with van der Waals surface area (Å²) in [5, 5.41) is 15.7. The molecular weight excluding hydrogens is 440 g/mol. The highest BCUT2D eigenvalue weighted by Gasteiger charge is 2.48. The van der Waals surface area contributed by atoms with Gasteiger partial charge in [-0.2, -0.15) is 5.26 Å². The summed E-state index contributed by atoms with van der Waals surface area (Å²) >= 11 is 6.56.